The molecular formula is C14H22N2O3. The van der Waals surface area contributed by atoms with Crippen LogP contribution in [0.4, 0.5) is 0 Å². The van der Waals surface area contributed by atoms with Crippen molar-refractivity contribution >= 4 is 0 Å². The number of likely N-dealkylation sites (N-methyl/N-ethyl adjacent to an activating group) is 1. The van der Waals surface area contributed by atoms with Gasteiger partial charge in [0, 0.05) is 44.4 Å². The fourth-order valence-corrected chi connectivity index (χ4v) is 2.28. The first kappa shape index (κ1) is 14.0. The van der Waals surface area contributed by atoms with E-state index in [0.29, 0.717) is 11.5 Å². The molecule has 1 fully saturated rings. The smallest absolute Gasteiger partial charge is 0.164 e. The molecule has 0 radical (unpaired) electrons. The third kappa shape index (κ3) is 3.30. The standard InChI is InChI=1S/C14H22N2O3/c1-15-4-6-16(7-5-15)10-11-8-13(18-2)14(19-3)9-12(11)17/h8-9,17H,4-7,10H2,1-3H3. The summed E-state index contributed by atoms with van der Waals surface area (Å²) in [6.07, 6.45) is 0. The summed E-state index contributed by atoms with van der Waals surface area (Å²) in [5.74, 6) is 1.48. The summed E-state index contributed by atoms with van der Waals surface area (Å²) in [5, 5.41) is 10.1. The molecule has 5 nitrogen and oxygen atoms in total. The zero-order chi connectivity index (χ0) is 13.8. The molecule has 0 bridgehead atoms. The minimum Gasteiger partial charge on any atom is -0.507 e. The van der Waals surface area contributed by atoms with E-state index in [1.165, 1.54) is 0 Å². The predicted octanol–water partition coefficient (Wildman–Crippen LogP) is 1.16. The van der Waals surface area contributed by atoms with Crippen molar-refractivity contribution in [2.75, 3.05) is 47.4 Å². The molecule has 0 amide bonds. The highest BCUT2D eigenvalue weighted by Crippen LogP contribution is 2.34. The minimum atomic E-state index is 0.261. The molecule has 1 N–H and O–H groups in total. The summed E-state index contributed by atoms with van der Waals surface area (Å²) in [6.45, 7) is 4.90. The summed E-state index contributed by atoms with van der Waals surface area (Å²) in [7, 11) is 5.30. The molecule has 2 rings (SSSR count). The zero-order valence-electron chi connectivity index (χ0n) is 11.8. The van der Waals surface area contributed by atoms with Crippen LogP contribution in [0.25, 0.3) is 0 Å². The van der Waals surface area contributed by atoms with Crippen molar-refractivity contribution in [3.8, 4) is 17.2 Å². The molecular weight excluding hydrogens is 244 g/mol. The molecule has 0 unspecified atom stereocenters. The Kier molecular flexibility index (Phi) is 4.50. The molecule has 0 spiro atoms. The topological polar surface area (TPSA) is 45.2 Å². The molecule has 0 saturated carbocycles. The van der Waals surface area contributed by atoms with Crippen molar-refractivity contribution in [2.24, 2.45) is 0 Å². The quantitative estimate of drug-likeness (QED) is 0.886. The monoisotopic (exact) mass is 266 g/mol. The second-order valence-corrected chi connectivity index (χ2v) is 4.92. The summed E-state index contributed by atoms with van der Waals surface area (Å²) < 4.78 is 10.4. The second kappa shape index (κ2) is 6.12. The van der Waals surface area contributed by atoms with Gasteiger partial charge in [0.15, 0.2) is 11.5 Å². The first-order valence-corrected chi connectivity index (χ1v) is 6.48. The van der Waals surface area contributed by atoms with Crippen molar-refractivity contribution in [2.45, 2.75) is 6.54 Å². The zero-order valence-corrected chi connectivity index (χ0v) is 11.8. The van der Waals surface area contributed by atoms with Crippen LogP contribution in [0, 0.1) is 0 Å². The average Bonchev–Trinajstić information content (AvgIpc) is 2.43. The van der Waals surface area contributed by atoms with Gasteiger partial charge in [-0.15, -0.1) is 0 Å². The lowest BCUT2D eigenvalue weighted by Crippen LogP contribution is -2.43. The van der Waals surface area contributed by atoms with Gasteiger partial charge in [0.05, 0.1) is 14.2 Å². The van der Waals surface area contributed by atoms with Crippen LogP contribution in [0.2, 0.25) is 0 Å². The van der Waals surface area contributed by atoms with Crippen LogP contribution >= 0.6 is 0 Å². The van der Waals surface area contributed by atoms with E-state index in [-0.39, 0.29) is 5.75 Å². The first-order chi connectivity index (χ1) is 9.13. The Balaban J connectivity index is 2.11. The fourth-order valence-electron chi connectivity index (χ4n) is 2.28. The van der Waals surface area contributed by atoms with E-state index in [9.17, 15) is 5.11 Å². The number of nitrogens with zero attached hydrogens (tertiary/aromatic N) is 2. The molecule has 1 aromatic rings. The Morgan fingerprint density at radius 2 is 1.63 bits per heavy atom. The molecule has 5 heteroatoms. The van der Waals surface area contributed by atoms with Gasteiger partial charge in [0.25, 0.3) is 0 Å². The van der Waals surface area contributed by atoms with E-state index in [2.05, 4.69) is 16.8 Å². The lowest BCUT2D eigenvalue weighted by molar-refractivity contribution is 0.147. The Morgan fingerprint density at radius 3 is 2.21 bits per heavy atom. The van der Waals surface area contributed by atoms with Crippen molar-refractivity contribution in [1.82, 2.24) is 9.80 Å². The number of hydrogen-bond acceptors (Lipinski definition) is 5. The van der Waals surface area contributed by atoms with Gasteiger partial charge in [-0.05, 0) is 13.1 Å². The number of phenols is 1. The van der Waals surface area contributed by atoms with E-state index in [4.69, 9.17) is 9.47 Å². The predicted molar refractivity (Wildman–Crippen MR) is 74.0 cm³/mol. The summed E-state index contributed by atoms with van der Waals surface area (Å²) >= 11 is 0. The number of phenolic OH excluding ortho intramolecular Hbond substituents is 1. The van der Waals surface area contributed by atoms with Gasteiger partial charge < -0.3 is 19.5 Å². The number of rotatable bonds is 4. The maximum Gasteiger partial charge on any atom is 0.164 e. The highest BCUT2D eigenvalue weighted by molar-refractivity contribution is 5.50. The average molecular weight is 266 g/mol. The van der Waals surface area contributed by atoms with E-state index < -0.39 is 0 Å². The molecule has 1 aliphatic heterocycles. The van der Waals surface area contributed by atoms with Gasteiger partial charge in [-0.25, -0.2) is 0 Å². The van der Waals surface area contributed by atoms with Crippen LogP contribution in [0.5, 0.6) is 17.2 Å². The maximum atomic E-state index is 10.1. The lowest BCUT2D eigenvalue weighted by Gasteiger charge is -2.32. The molecule has 0 aromatic heterocycles. The normalized spacial score (nSPS) is 17.4. The van der Waals surface area contributed by atoms with Crippen LogP contribution < -0.4 is 9.47 Å². The summed E-state index contributed by atoms with van der Waals surface area (Å²) in [4.78, 5) is 4.64. The van der Waals surface area contributed by atoms with Gasteiger partial charge in [-0.3, -0.25) is 4.90 Å². The highest BCUT2D eigenvalue weighted by Gasteiger charge is 2.17. The van der Waals surface area contributed by atoms with Crippen LogP contribution in [0.15, 0.2) is 12.1 Å². The van der Waals surface area contributed by atoms with Gasteiger partial charge in [0.2, 0.25) is 0 Å². The van der Waals surface area contributed by atoms with Crippen LogP contribution in [0.1, 0.15) is 5.56 Å². The highest BCUT2D eigenvalue weighted by atomic mass is 16.5. The summed E-state index contributed by atoms with van der Waals surface area (Å²) in [5.41, 5.74) is 0.877. The summed E-state index contributed by atoms with van der Waals surface area (Å²) in [6, 6.07) is 3.47. The number of aromatic hydroxyl groups is 1. The van der Waals surface area contributed by atoms with Crippen molar-refractivity contribution in [3.63, 3.8) is 0 Å². The minimum absolute atomic E-state index is 0.261. The number of piperazine rings is 1. The number of benzene rings is 1. The van der Waals surface area contributed by atoms with E-state index >= 15 is 0 Å². The molecule has 1 heterocycles. The van der Waals surface area contributed by atoms with Crippen LogP contribution in [-0.2, 0) is 6.54 Å². The fraction of sp³-hybridized carbons (Fsp3) is 0.571. The number of hydrogen-bond donors (Lipinski definition) is 1. The Hall–Kier alpha value is -1.46. The molecule has 106 valence electrons. The van der Waals surface area contributed by atoms with Gasteiger partial charge in [0.1, 0.15) is 5.75 Å². The Bertz CT molecular complexity index is 429. The van der Waals surface area contributed by atoms with E-state index in [0.717, 1.165) is 38.3 Å². The molecule has 0 atom stereocenters. The van der Waals surface area contributed by atoms with E-state index in [1.807, 2.05) is 6.07 Å². The molecule has 1 saturated heterocycles. The molecule has 19 heavy (non-hydrogen) atoms. The maximum absolute atomic E-state index is 10.1. The Labute approximate surface area is 114 Å². The van der Waals surface area contributed by atoms with E-state index in [1.54, 1.807) is 20.3 Å². The molecule has 0 aliphatic carbocycles. The third-order valence-corrected chi connectivity index (χ3v) is 3.57. The third-order valence-electron chi connectivity index (χ3n) is 3.57. The van der Waals surface area contributed by atoms with Crippen molar-refractivity contribution in [3.05, 3.63) is 17.7 Å². The lowest BCUT2D eigenvalue weighted by atomic mass is 10.1. The van der Waals surface area contributed by atoms with Crippen molar-refractivity contribution in [1.29, 1.82) is 0 Å². The van der Waals surface area contributed by atoms with Gasteiger partial charge >= 0.3 is 0 Å². The first-order valence-electron chi connectivity index (χ1n) is 6.48. The second-order valence-electron chi connectivity index (χ2n) is 4.92. The largest absolute Gasteiger partial charge is 0.507 e. The van der Waals surface area contributed by atoms with Crippen LogP contribution in [-0.4, -0.2) is 62.4 Å². The van der Waals surface area contributed by atoms with Crippen LogP contribution in [0.3, 0.4) is 0 Å². The molecule has 1 aromatic carbocycles. The number of methoxy groups -OCH3 is 2. The Morgan fingerprint density at radius 1 is 1.05 bits per heavy atom. The van der Waals surface area contributed by atoms with Gasteiger partial charge in [-0.2, -0.15) is 0 Å². The SMILES string of the molecule is COc1cc(O)c(CN2CCN(C)CC2)cc1OC. The molecule has 1 aliphatic rings. The van der Waals surface area contributed by atoms with Crippen molar-refractivity contribution < 1.29 is 14.6 Å². The van der Waals surface area contributed by atoms with Gasteiger partial charge in [-0.1, -0.05) is 0 Å². The number of ether oxygens (including phenoxy) is 2.